The van der Waals surface area contributed by atoms with Crippen molar-refractivity contribution in [2.24, 2.45) is 0 Å². The zero-order valence-corrected chi connectivity index (χ0v) is 12.0. The molecule has 0 unspecified atom stereocenters. The van der Waals surface area contributed by atoms with E-state index in [0.717, 1.165) is 37.2 Å². The summed E-state index contributed by atoms with van der Waals surface area (Å²) in [6, 6.07) is 7.62. The number of hydroxylamine groups is 1. The van der Waals surface area contributed by atoms with Crippen molar-refractivity contribution in [2.45, 2.75) is 18.9 Å². The summed E-state index contributed by atoms with van der Waals surface area (Å²) in [6.45, 7) is 1.48. The molecule has 1 aromatic carbocycles. The molecule has 1 fully saturated rings. The predicted molar refractivity (Wildman–Crippen MR) is 81.8 cm³/mol. The Morgan fingerprint density at radius 3 is 2.55 bits per heavy atom. The van der Waals surface area contributed by atoms with Gasteiger partial charge in [0.2, 0.25) is 0 Å². The second-order valence-corrected chi connectivity index (χ2v) is 5.08. The molecule has 2 rings (SSSR count). The van der Waals surface area contributed by atoms with Crippen molar-refractivity contribution < 1.29 is 19.9 Å². The van der Waals surface area contributed by atoms with Gasteiger partial charge >= 0.3 is 6.09 Å². The van der Waals surface area contributed by atoms with Crippen molar-refractivity contribution >= 4 is 23.8 Å². The second kappa shape index (κ2) is 7.46. The van der Waals surface area contributed by atoms with Gasteiger partial charge in [-0.1, -0.05) is 18.2 Å². The van der Waals surface area contributed by atoms with Crippen LogP contribution >= 0.6 is 0 Å². The Labute approximate surface area is 128 Å². The summed E-state index contributed by atoms with van der Waals surface area (Å²) in [5.41, 5.74) is 3.41. The molecule has 1 saturated heterocycles. The van der Waals surface area contributed by atoms with E-state index in [1.54, 1.807) is 11.6 Å². The minimum absolute atomic E-state index is 0.0170. The van der Waals surface area contributed by atoms with Crippen LogP contribution in [0.3, 0.4) is 0 Å². The number of piperidine rings is 1. The van der Waals surface area contributed by atoms with Gasteiger partial charge in [0.05, 0.1) is 0 Å². The number of anilines is 1. The third-order valence-corrected chi connectivity index (χ3v) is 3.62. The molecule has 0 spiro atoms. The molecule has 118 valence electrons. The van der Waals surface area contributed by atoms with Gasteiger partial charge in [0.15, 0.2) is 0 Å². The van der Waals surface area contributed by atoms with Crippen LogP contribution in [-0.2, 0) is 4.79 Å². The van der Waals surface area contributed by atoms with E-state index >= 15 is 0 Å². The fourth-order valence-electron chi connectivity index (χ4n) is 2.56. The number of hydrogen-bond acceptors (Lipinski definition) is 4. The van der Waals surface area contributed by atoms with Crippen LogP contribution in [0.4, 0.5) is 10.5 Å². The molecule has 2 amide bonds. The Hall–Kier alpha value is -2.54. The molecule has 1 aliphatic heterocycles. The van der Waals surface area contributed by atoms with Crippen molar-refractivity contribution in [3.63, 3.8) is 0 Å². The van der Waals surface area contributed by atoms with Gasteiger partial charge < -0.3 is 15.3 Å². The van der Waals surface area contributed by atoms with Crippen LogP contribution in [0.25, 0.3) is 6.08 Å². The number of hydrogen-bond donors (Lipinski definition) is 4. The summed E-state index contributed by atoms with van der Waals surface area (Å²) < 4.78 is 0. The summed E-state index contributed by atoms with van der Waals surface area (Å²) in [6.07, 6.45) is 3.39. The summed E-state index contributed by atoms with van der Waals surface area (Å²) in [4.78, 5) is 23.9. The van der Waals surface area contributed by atoms with E-state index in [1.165, 1.54) is 6.08 Å². The smallest absolute Gasteiger partial charge is 0.404 e. The molecular formula is C15H19N3O4. The van der Waals surface area contributed by atoms with E-state index in [2.05, 4.69) is 10.2 Å². The topological polar surface area (TPSA) is 102 Å². The molecule has 0 aliphatic carbocycles. The number of nitrogens with zero attached hydrogens (tertiary/aromatic N) is 1. The Kier molecular flexibility index (Phi) is 5.37. The monoisotopic (exact) mass is 305 g/mol. The van der Waals surface area contributed by atoms with Gasteiger partial charge in [-0.3, -0.25) is 10.0 Å². The third-order valence-electron chi connectivity index (χ3n) is 3.62. The van der Waals surface area contributed by atoms with E-state index in [1.807, 2.05) is 24.3 Å². The molecule has 0 aromatic heterocycles. The van der Waals surface area contributed by atoms with Crippen molar-refractivity contribution in [3.05, 3.63) is 35.9 Å². The summed E-state index contributed by atoms with van der Waals surface area (Å²) in [5.74, 6) is -0.584. The lowest BCUT2D eigenvalue weighted by Gasteiger charge is -2.34. The first kappa shape index (κ1) is 15.8. The lowest BCUT2D eigenvalue weighted by molar-refractivity contribution is -0.124. The number of carbonyl (C=O) groups excluding carboxylic acids is 1. The molecule has 1 aliphatic rings. The van der Waals surface area contributed by atoms with Gasteiger partial charge in [0.25, 0.3) is 5.91 Å². The van der Waals surface area contributed by atoms with E-state index in [9.17, 15) is 9.59 Å². The summed E-state index contributed by atoms with van der Waals surface area (Å²) >= 11 is 0. The highest BCUT2D eigenvalue weighted by molar-refractivity contribution is 5.91. The number of amides is 2. The third kappa shape index (κ3) is 4.23. The molecule has 1 heterocycles. The van der Waals surface area contributed by atoms with Crippen LogP contribution < -0.4 is 15.7 Å². The van der Waals surface area contributed by atoms with Gasteiger partial charge in [-0.25, -0.2) is 10.3 Å². The van der Waals surface area contributed by atoms with E-state index in [4.69, 9.17) is 10.3 Å². The Balaban J connectivity index is 2.05. The fraction of sp³-hybridized carbons (Fsp3) is 0.333. The van der Waals surface area contributed by atoms with Crippen molar-refractivity contribution in [1.29, 1.82) is 0 Å². The molecule has 1 aromatic rings. The average molecular weight is 305 g/mol. The Morgan fingerprint density at radius 2 is 1.91 bits per heavy atom. The molecule has 7 nitrogen and oxygen atoms in total. The number of rotatable bonds is 4. The van der Waals surface area contributed by atoms with Gasteiger partial charge in [-0.15, -0.1) is 0 Å². The number of para-hydroxylation sites is 1. The van der Waals surface area contributed by atoms with Gasteiger partial charge in [0, 0.05) is 30.9 Å². The quantitative estimate of drug-likeness (QED) is 0.383. The average Bonchev–Trinajstić information content (AvgIpc) is 2.53. The molecule has 4 N–H and O–H groups in total. The molecular weight excluding hydrogens is 286 g/mol. The molecule has 22 heavy (non-hydrogen) atoms. The summed E-state index contributed by atoms with van der Waals surface area (Å²) in [7, 11) is 0. The summed E-state index contributed by atoms with van der Waals surface area (Å²) in [5, 5.41) is 19.8. The first-order chi connectivity index (χ1) is 10.6. The standard InChI is InChI=1S/C15H19N3O4/c19-14(17-22)6-5-11-3-1-2-4-13(11)18-9-7-12(8-10-18)16-15(20)21/h1-6,12,16,22H,7-10H2,(H,17,19)(H,20,21). The number of benzene rings is 1. The lowest BCUT2D eigenvalue weighted by atomic mass is 10.0. The highest BCUT2D eigenvalue weighted by atomic mass is 16.5. The van der Waals surface area contributed by atoms with E-state index < -0.39 is 12.0 Å². The molecule has 7 heteroatoms. The van der Waals surface area contributed by atoms with Gasteiger partial charge in [0.1, 0.15) is 0 Å². The normalized spacial score (nSPS) is 15.8. The first-order valence-corrected chi connectivity index (χ1v) is 7.05. The van der Waals surface area contributed by atoms with Crippen LogP contribution in [-0.4, -0.2) is 41.4 Å². The number of carboxylic acid groups (broad SMARTS) is 1. The van der Waals surface area contributed by atoms with E-state index in [-0.39, 0.29) is 6.04 Å². The lowest BCUT2D eigenvalue weighted by Crippen LogP contribution is -2.44. The van der Waals surface area contributed by atoms with Crippen LogP contribution in [0.5, 0.6) is 0 Å². The Morgan fingerprint density at radius 1 is 1.23 bits per heavy atom. The second-order valence-electron chi connectivity index (χ2n) is 5.08. The molecule has 0 bridgehead atoms. The van der Waals surface area contributed by atoms with Gasteiger partial charge in [-0.05, 0) is 30.5 Å². The zero-order valence-electron chi connectivity index (χ0n) is 12.0. The molecule has 0 saturated carbocycles. The van der Waals surface area contributed by atoms with E-state index in [0.29, 0.717) is 0 Å². The highest BCUT2D eigenvalue weighted by Crippen LogP contribution is 2.25. The maximum atomic E-state index is 11.1. The molecule has 0 atom stereocenters. The Bertz CT molecular complexity index is 566. The fourth-order valence-corrected chi connectivity index (χ4v) is 2.56. The van der Waals surface area contributed by atoms with Gasteiger partial charge in [-0.2, -0.15) is 0 Å². The van der Waals surface area contributed by atoms with Crippen LogP contribution in [0, 0.1) is 0 Å². The SMILES string of the molecule is O=C(O)NC1CCN(c2ccccc2C=CC(=O)NO)CC1. The first-order valence-electron chi connectivity index (χ1n) is 7.05. The van der Waals surface area contributed by atoms with Crippen LogP contribution in [0.15, 0.2) is 30.3 Å². The van der Waals surface area contributed by atoms with Crippen molar-refractivity contribution in [3.8, 4) is 0 Å². The van der Waals surface area contributed by atoms with Crippen molar-refractivity contribution in [1.82, 2.24) is 10.8 Å². The predicted octanol–water partition coefficient (Wildman–Crippen LogP) is 1.44. The minimum atomic E-state index is -0.989. The number of carbonyl (C=O) groups is 2. The van der Waals surface area contributed by atoms with Crippen LogP contribution in [0.2, 0.25) is 0 Å². The zero-order chi connectivity index (χ0) is 15.9. The largest absolute Gasteiger partial charge is 0.465 e. The van der Waals surface area contributed by atoms with Crippen LogP contribution in [0.1, 0.15) is 18.4 Å². The molecule has 0 radical (unpaired) electrons. The highest BCUT2D eigenvalue weighted by Gasteiger charge is 2.21. The number of nitrogens with one attached hydrogen (secondary N) is 2. The maximum Gasteiger partial charge on any atom is 0.404 e. The van der Waals surface area contributed by atoms with Crippen molar-refractivity contribution in [2.75, 3.05) is 18.0 Å². The minimum Gasteiger partial charge on any atom is -0.465 e. The maximum absolute atomic E-state index is 11.1.